The van der Waals surface area contributed by atoms with Gasteiger partial charge in [0.25, 0.3) is 0 Å². The van der Waals surface area contributed by atoms with Crippen LogP contribution >= 0.6 is 22.6 Å². The monoisotopic (exact) mass is 250 g/mol. The summed E-state index contributed by atoms with van der Waals surface area (Å²) in [5, 5.41) is 0. The van der Waals surface area contributed by atoms with Gasteiger partial charge in [-0.25, -0.2) is 0 Å². The number of Topliss-reactive ketones (excluding diaryl/α,β-unsaturated/α-hetero) is 1. The van der Waals surface area contributed by atoms with Crippen molar-refractivity contribution in [3.8, 4) is 0 Å². The van der Waals surface area contributed by atoms with Crippen LogP contribution in [0, 0.1) is 5.92 Å². The van der Waals surface area contributed by atoms with E-state index in [4.69, 9.17) is 0 Å². The van der Waals surface area contributed by atoms with Crippen LogP contribution in [0.1, 0.15) is 26.7 Å². The first-order chi connectivity index (χ1) is 4.61. The molecule has 0 heterocycles. The van der Waals surface area contributed by atoms with E-state index < -0.39 is 0 Å². The van der Waals surface area contributed by atoms with Crippen LogP contribution in [0.15, 0.2) is 9.15 Å². The number of carbonyl (C=O) groups excluding carboxylic acids is 1. The lowest BCUT2D eigenvalue weighted by Gasteiger charge is -2.17. The normalized spacial score (nSPS) is 27.5. The van der Waals surface area contributed by atoms with Crippen LogP contribution in [0.4, 0.5) is 0 Å². The largest absolute Gasteiger partial charge is 0.294 e. The van der Waals surface area contributed by atoms with Gasteiger partial charge >= 0.3 is 0 Å². The number of halogens is 1. The average molecular weight is 250 g/mol. The summed E-state index contributed by atoms with van der Waals surface area (Å²) < 4.78 is 0.968. The van der Waals surface area contributed by atoms with Crippen molar-refractivity contribution in [1.82, 2.24) is 0 Å². The molecule has 1 atom stereocenters. The van der Waals surface area contributed by atoms with E-state index >= 15 is 0 Å². The van der Waals surface area contributed by atoms with Gasteiger partial charge in [-0.2, -0.15) is 0 Å². The van der Waals surface area contributed by atoms with Gasteiger partial charge in [0.15, 0.2) is 5.78 Å². The summed E-state index contributed by atoms with van der Waals surface area (Å²) in [6, 6.07) is 0. The Kier molecular flexibility index (Phi) is 2.50. The van der Waals surface area contributed by atoms with Gasteiger partial charge in [-0.05, 0) is 41.9 Å². The molecule has 1 aliphatic carbocycles. The highest BCUT2D eigenvalue weighted by Crippen LogP contribution is 2.29. The lowest BCUT2D eigenvalue weighted by atomic mass is 9.90. The number of hydrogen-bond acceptors (Lipinski definition) is 1. The highest BCUT2D eigenvalue weighted by molar-refractivity contribution is 14.1. The maximum atomic E-state index is 11.1. The number of hydrogen-bond donors (Lipinski definition) is 0. The molecule has 2 heteroatoms. The quantitative estimate of drug-likeness (QED) is 0.604. The molecule has 1 unspecified atom stereocenters. The molecule has 0 amide bonds. The van der Waals surface area contributed by atoms with Gasteiger partial charge in [0, 0.05) is 6.42 Å². The maximum absolute atomic E-state index is 11.1. The van der Waals surface area contributed by atoms with Gasteiger partial charge in [0.1, 0.15) is 0 Å². The molecule has 0 aromatic rings. The SMILES string of the molecule is CC1=C(I)C(=O)CC(C)C1. The molecule has 0 radical (unpaired) electrons. The van der Waals surface area contributed by atoms with E-state index in [0.29, 0.717) is 11.7 Å². The number of allylic oxidation sites excluding steroid dienone is 2. The second kappa shape index (κ2) is 3.03. The molecular weight excluding hydrogens is 239 g/mol. The highest BCUT2D eigenvalue weighted by atomic mass is 127. The highest BCUT2D eigenvalue weighted by Gasteiger charge is 2.20. The fourth-order valence-corrected chi connectivity index (χ4v) is 1.77. The molecule has 0 bridgehead atoms. The van der Waals surface area contributed by atoms with Gasteiger partial charge in [0.05, 0.1) is 3.58 Å². The standard InChI is InChI=1S/C8H11IO/c1-5-3-6(2)8(9)7(10)4-5/h5H,3-4H2,1-2H3. The van der Waals surface area contributed by atoms with Gasteiger partial charge in [-0.15, -0.1) is 0 Å². The Morgan fingerprint density at radius 3 is 2.60 bits per heavy atom. The van der Waals surface area contributed by atoms with Crippen LogP contribution in [0.25, 0.3) is 0 Å². The lowest BCUT2D eigenvalue weighted by Crippen LogP contribution is -2.13. The van der Waals surface area contributed by atoms with Crippen molar-refractivity contribution < 1.29 is 4.79 Å². The molecule has 0 saturated carbocycles. The summed E-state index contributed by atoms with van der Waals surface area (Å²) in [6.07, 6.45) is 1.85. The van der Waals surface area contributed by atoms with Gasteiger partial charge in [-0.3, -0.25) is 4.79 Å². The Hall–Kier alpha value is 0.140. The predicted molar refractivity (Wildman–Crippen MR) is 50.1 cm³/mol. The smallest absolute Gasteiger partial charge is 0.169 e. The summed E-state index contributed by atoms with van der Waals surface area (Å²) in [5.41, 5.74) is 1.27. The van der Waals surface area contributed by atoms with Crippen molar-refractivity contribution in [2.45, 2.75) is 26.7 Å². The second-order valence-electron chi connectivity index (χ2n) is 3.03. The summed E-state index contributed by atoms with van der Waals surface area (Å²) in [6.45, 7) is 4.18. The first-order valence-electron chi connectivity index (χ1n) is 3.49. The minimum Gasteiger partial charge on any atom is -0.294 e. The van der Waals surface area contributed by atoms with Crippen molar-refractivity contribution in [1.29, 1.82) is 0 Å². The summed E-state index contributed by atoms with van der Waals surface area (Å²) in [5.74, 6) is 0.892. The topological polar surface area (TPSA) is 17.1 Å². The molecule has 0 aromatic carbocycles. The third kappa shape index (κ3) is 1.59. The number of rotatable bonds is 0. The van der Waals surface area contributed by atoms with Crippen molar-refractivity contribution >= 4 is 28.4 Å². The molecule has 1 nitrogen and oxygen atoms in total. The third-order valence-corrected chi connectivity index (χ3v) is 3.33. The minimum atomic E-state index is 0.330. The molecule has 0 fully saturated rings. The van der Waals surface area contributed by atoms with E-state index in [2.05, 4.69) is 36.4 Å². The van der Waals surface area contributed by atoms with Crippen LogP contribution < -0.4 is 0 Å². The Morgan fingerprint density at radius 2 is 2.10 bits per heavy atom. The molecule has 56 valence electrons. The first-order valence-corrected chi connectivity index (χ1v) is 4.57. The van der Waals surface area contributed by atoms with E-state index in [0.717, 1.165) is 16.4 Å². The zero-order valence-electron chi connectivity index (χ0n) is 6.28. The second-order valence-corrected chi connectivity index (χ2v) is 4.11. The fourth-order valence-electron chi connectivity index (χ4n) is 1.33. The molecule has 0 saturated heterocycles. The van der Waals surface area contributed by atoms with Crippen LogP contribution in [0.2, 0.25) is 0 Å². The molecular formula is C8H11IO. The molecule has 0 spiro atoms. The first kappa shape index (κ1) is 8.24. The van der Waals surface area contributed by atoms with Crippen LogP contribution in [-0.4, -0.2) is 5.78 Å². The predicted octanol–water partition coefficient (Wildman–Crippen LogP) is 2.69. The van der Waals surface area contributed by atoms with Crippen molar-refractivity contribution in [2.75, 3.05) is 0 Å². The molecule has 1 aliphatic rings. The summed E-state index contributed by atoms with van der Waals surface area (Å²) >= 11 is 2.15. The number of ketones is 1. The molecule has 0 aliphatic heterocycles. The van der Waals surface area contributed by atoms with Gasteiger partial charge in [-0.1, -0.05) is 12.5 Å². The lowest BCUT2D eigenvalue weighted by molar-refractivity contribution is -0.115. The third-order valence-electron chi connectivity index (χ3n) is 1.81. The van der Waals surface area contributed by atoms with E-state index in [9.17, 15) is 4.79 Å². The number of carbonyl (C=O) groups is 1. The fraction of sp³-hybridized carbons (Fsp3) is 0.625. The van der Waals surface area contributed by atoms with Crippen molar-refractivity contribution in [3.63, 3.8) is 0 Å². The van der Waals surface area contributed by atoms with Gasteiger partial charge < -0.3 is 0 Å². The maximum Gasteiger partial charge on any atom is 0.169 e. The summed E-state index contributed by atoms with van der Waals surface area (Å²) in [4.78, 5) is 11.1. The van der Waals surface area contributed by atoms with Crippen molar-refractivity contribution in [2.24, 2.45) is 5.92 Å². The van der Waals surface area contributed by atoms with Crippen LogP contribution in [-0.2, 0) is 4.79 Å². The molecule has 0 N–H and O–H groups in total. The van der Waals surface area contributed by atoms with E-state index in [-0.39, 0.29) is 0 Å². The van der Waals surface area contributed by atoms with Crippen LogP contribution in [0.5, 0.6) is 0 Å². The van der Waals surface area contributed by atoms with Crippen LogP contribution in [0.3, 0.4) is 0 Å². The minimum absolute atomic E-state index is 0.330. The Morgan fingerprint density at radius 1 is 1.50 bits per heavy atom. The zero-order chi connectivity index (χ0) is 7.72. The van der Waals surface area contributed by atoms with Crippen molar-refractivity contribution in [3.05, 3.63) is 9.15 Å². The Labute approximate surface area is 75.0 Å². The van der Waals surface area contributed by atoms with E-state index in [1.54, 1.807) is 0 Å². The van der Waals surface area contributed by atoms with E-state index in [1.165, 1.54) is 5.57 Å². The zero-order valence-corrected chi connectivity index (χ0v) is 8.44. The van der Waals surface area contributed by atoms with E-state index in [1.807, 2.05) is 0 Å². The molecule has 0 aromatic heterocycles. The van der Waals surface area contributed by atoms with Gasteiger partial charge in [0.2, 0.25) is 0 Å². The molecule has 1 rings (SSSR count). The Balaban J connectivity index is 2.85. The average Bonchev–Trinajstić information content (AvgIpc) is 1.82. The Bertz CT molecular complexity index is 193. The summed E-state index contributed by atoms with van der Waals surface area (Å²) in [7, 11) is 0. The molecule has 10 heavy (non-hydrogen) atoms.